The van der Waals surface area contributed by atoms with E-state index in [1.807, 2.05) is 11.5 Å². The van der Waals surface area contributed by atoms with Crippen LogP contribution in [0.5, 0.6) is 0 Å². The Balaban J connectivity index is 2.10. The SMILES string of the molecule is CCc1nc(N)nc2c1ncn2CCC(COC(C)=O)COC(C)=O. The fraction of sp³-hybridized carbons (Fsp3) is 0.562. The molecule has 0 fully saturated rings. The first-order chi connectivity index (χ1) is 11.9. The Morgan fingerprint density at radius 3 is 2.40 bits per heavy atom. The first kappa shape index (κ1) is 18.6. The third-order valence-corrected chi connectivity index (χ3v) is 3.71. The maximum Gasteiger partial charge on any atom is 0.302 e. The first-order valence-electron chi connectivity index (χ1n) is 8.14. The summed E-state index contributed by atoms with van der Waals surface area (Å²) in [7, 11) is 0. The molecule has 9 nitrogen and oxygen atoms in total. The molecular weight excluding hydrogens is 326 g/mol. The third-order valence-electron chi connectivity index (χ3n) is 3.71. The summed E-state index contributed by atoms with van der Waals surface area (Å²) in [5, 5.41) is 0. The number of rotatable bonds is 8. The fourth-order valence-corrected chi connectivity index (χ4v) is 2.44. The Morgan fingerprint density at radius 1 is 1.20 bits per heavy atom. The second-order valence-electron chi connectivity index (χ2n) is 5.75. The third kappa shape index (κ3) is 5.13. The van der Waals surface area contributed by atoms with Crippen molar-refractivity contribution in [2.75, 3.05) is 18.9 Å². The highest BCUT2D eigenvalue weighted by Crippen LogP contribution is 2.17. The Hall–Kier alpha value is -2.71. The Bertz CT molecular complexity index is 740. The van der Waals surface area contributed by atoms with E-state index in [2.05, 4.69) is 15.0 Å². The molecule has 0 aliphatic heterocycles. The maximum atomic E-state index is 11.0. The maximum absolute atomic E-state index is 11.0. The molecule has 2 aromatic rings. The molecule has 2 N–H and O–H groups in total. The summed E-state index contributed by atoms with van der Waals surface area (Å²) in [6.07, 6.45) is 3.02. The summed E-state index contributed by atoms with van der Waals surface area (Å²) >= 11 is 0. The fourth-order valence-electron chi connectivity index (χ4n) is 2.44. The van der Waals surface area contributed by atoms with Crippen molar-refractivity contribution in [1.29, 1.82) is 0 Å². The summed E-state index contributed by atoms with van der Waals surface area (Å²) in [4.78, 5) is 34.9. The summed E-state index contributed by atoms with van der Waals surface area (Å²) in [6.45, 7) is 5.62. The average molecular weight is 349 g/mol. The van der Waals surface area contributed by atoms with Crippen LogP contribution in [0.3, 0.4) is 0 Å². The standard InChI is InChI=1S/C16H23N5O4/c1-4-13-14-15(20-16(17)19-13)21(9-18-14)6-5-12(7-24-10(2)22)8-25-11(3)23/h9,12H,4-8H2,1-3H3,(H2,17,19,20). The van der Waals surface area contributed by atoms with Crippen LogP contribution < -0.4 is 5.73 Å². The number of nitrogens with two attached hydrogens (primary N) is 1. The molecule has 0 saturated carbocycles. The van der Waals surface area contributed by atoms with Crippen molar-refractivity contribution in [1.82, 2.24) is 19.5 Å². The zero-order valence-electron chi connectivity index (χ0n) is 14.7. The molecule has 2 aromatic heterocycles. The molecule has 0 radical (unpaired) electrons. The number of nitrogens with zero attached hydrogens (tertiary/aromatic N) is 4. The van der Waals surface area contributed by atoms with Gasteiger partial charge in [-0.2, -0.15) is 4.98 Å². The van der Waals surface area contributed by atoms with Crippen molar-refractivity contribution >= 4 is 29.1 Å². The molecule has 2 rings (SSSR count). The van der Waals surface area contributed by atoms with Crippen molar-refractivity contribution in [3.05, 3.63) is 12.0 Å². The van der Waals surface area contributed by atoms with E-state index in [0.29, 0.717) is 25.0 Å². The molecule has 0 amide bonds. The van der Waals surface area contributed by atoms with Crippen LogP contribution in [0.25, 0.3) is 11.2 Å². The Labute approximate surface area is 145 Å². The van der Waals surface area contributed by atoms with Gasteiger partial charge < -0.3 is 19.8 Å². The lowest BCUT2D eigenvalue weighted by Gasteiger charge is -2.16. The molecular formula is C16H23N5O4. The van der Waals surface area contributed by atoms with Gasteiger partial charge in [0.15, 0.2) is 5.65 Å². The molecule has 0 aromatic carbocycles. The van der Waals surface area contributed by atoms with Crippen LogP contribution in [-0.4, -0.2) is 44.7 Å². The van der Waals surface area contributed by atoms with E-state index in [9.17, 15) is 9.59 Å². The number of aromatic nitrogens is 4. The van der Waals surface area contributed by atoms with Crippen LogP contribution in [0, 0.1) is 5.92 Å². The van der Waals surface area contributed by atoms with Crippen molar-refractivity contribution < 1.29 is 19.1 Å². The number of hydrogen-bond acceptors (Lipinski definition) is 8. The monoisotopic (exact) mass is 349 g/mol. The largest absolute Gasteiger partial charge is 0.465 e. The lowest BCUT2D eigenvalue weighted by atomic mass is 10.1. The van der Waals surface area contributed by atoms with Crippen LogP contribution in [0.4, 0.5) is 5.95 Å². The number of imidazole rings is 1. The zero-order chi connectivity index (χ0) is 18.4. The Morgan fingerprint density at radius 2 is 1.84 bits per heavy atom. The second-order valence-corrected chi connectivity index (χ2v) is 5.75. The molecule has 0 unspecified atom stereocenters. The van der Waals surface area contributed by atoms with E-state index in [1.165, 1.54) is 13.8 Å². The number of anilines is 1. The second kappa shape index (κ2) is 8.41. The van der Waals surface area contributed by atoms with Gasteiger partial charge in [-0.25, -0.2) is 9.97 Å². The van der Waals surface area contributed by atoms with E-state index >= 15 is 0 Å². The number of esters is 2. The van der Waals surface area contributed by atoms with Crippen LogP contribution >= 0.6 is 0 Å². The van der Waals surface area contributed by atoms with Gasteiger partial charge in [0.2, 0.25) is 5.95 Å². The highest BCUT2D eigenvalue weighted by atomic mass is 16.5. The van der Waals surface area contributed by atoms with Crippen LogP contribution in [0.1, 0.15) is 32.9 Å². The van der Waals surface area contributed by atoms with Crippen molar-refractivity contribution in [2.24, 2.45) is 5.92 Å². The number of aryl methyl sites for hydroxylation is 2. The van der Waals surface area contributed by atoms with E-state index in [1.54, 1.807) is 6.33 Å². The normalized spacial score (nSPS) is 11.0. The first-order valence-corrected chi connectivity index (χ1v) is 8.14. The molecule has 0 bridgehead atoms. The minimum atomic E-state index is -0.367. The van der Waals surface area contributed by atoms with E-state index < -0.39 is 0 Å². The lowest BCUT2D eigenvalue weighted by molar-refractivity contribution is -0.146. The summed E-state index contributed by atoms with van der Waals surface area (Å²) in [5.74, 6) is -0.638. The number of fused-ring (bicyclic) bond motifs is 1. The summed E-state index contributed by atoms with van der Waals surface area (Å²) < 4.78 is 12.0. The van der Waals surface area contributed by atoms with Gasteiger partial charge in [0, 0.05) is 26.3 Å². The molecule has 9 heteroatoms. The van der Waals surface area contributed by atoms with Crippen molar-refractivity contribution in [3.8, 4) is 0 Å². The molecule has 0 saturated heterocycles. The van der Waals surface area contributed by atoms with Gasteiger partial charge in [-0.3, -0.25) is 9.59 Å². The molecule has 136 valence electrons. The van der Waals surface area contributed by atoms with Gasteiger partial charge >= 0.3 is 11.9 Å². The molecule has 0 spiro atoms. The van der Waals surface area contributed by atoms with Gasteiger partial charge in [-0.05, 0) is 12.8 Å². The van der Waals surface area contributed by atoms with Gasteiger partial charge in [0.1, 0.15) is 5.52 Å². The van der Waals surface area contributed by atoms with Crippen LogP contribution in [0.15, 0.2) is 6.33 Å². The van der Waals surface area contributed by atoms with Crippen LogP contribution in [-0.2, 0) is 32.0 Å². The predicted molar refractivity (Wildman–Crippen MR) is 90.5 cm³/mol. The number of ether oxygens (including phenoxy) is 2. The number of nitrogen functional groups attached to an aromatic ring is 1. The molecule has 2 heterocycles. The average Bonchev–Trinajstić information content (AvgIpc) is 2.95. The molecule has 25 heavy (non-hydrogen) atoms. The van der Waals surface area contributed by atoms with E-state index in [0.717, 1.165) is 11.2 Å². The van der Waals surface area contributed by atoms with E-state index in [-0.39, 0.29) is 37.0 Å². The number of carbonyl (C=O) groups is 2. The molecule has 0 aliphatic rings. The minimum Gasteiger partial charge on any atom is -0.465 e. The highest BCUT2D eigenvalue weighted by molar-refractivity contribution is 5.74. The predicted octanol–water partition coefficient (Wildman–Crippen LogP) is 1.10. The van der Waals surface area contributed by atoms with Gasteiger partial charge in [0.25, 0.3) is 0 Å². The molecule has 0 aliphatic carbocycles. The summed E-state index contributed by atoms with van der Waals surface area (Å²) in [6, 6.07) is 0. The molecule has 0 atom stereocenters. The van der Waals surface area contributed by atoms with Crippen molar-refractivity contribution in [2.45, 2.75) is 40.2 Å². The smallest absolute Gasteiger partial charge is 0.302 e. The van der Waals surface area contributed by atoms with Gasteiger partial charge in [0.05, 0.1) is 25.2 Å². The highest BCUT2D eigenvalue weighted by Gasteiger charge is 2.16. The number of hydrogen-bond donors (Lipinski definition) is 1. The minimum absolute atomic E-state index is 0.116. The quantitative estimate of drug-likeness (QED) is 0.703. The van der Waals surface area contributed by atoms with Crippen molar-refractivity contribution in [3.63, 3.8) is 0 Å². The van der Waals surface area contributed by atoms with Gasteiger partial charge in [-0.1, -0.05) is 6.92 Å². The lowest BCUT2D eigenvalue weighted by Crippen LogP contribution is -2.21. The van der Waals surface area contributed by atoms with Crippen LogP contribution in [0.2, 0.25) is 0 Å². The van der Waals surface area contributed by atoms with Gasteiger partial charge in [-0.15, -0.1) is 0 Å². The zero-order valence-corrected chi connectivity index (χ0v) is 14.7. The van der Waals surface area contributed by atoms with E-state index in [4.69, 9.17) is 15.2 Å². The Kier molecular flexibility index (Phi) is 6.26. The summed E-state index contributed by atoms with van der Waals surface area (Å²) in [5.41, 5.74) is 7.97. The topological polar surface area (TPSA) is 122 Å². The number of carbonyl (C=O) groups excluding carboxylic acids is 2.